The molecule has 0 spiro atoms. The van der Waals surface area contributed by atoms with Crippen LogP contribution in [0.1, 0.15) is 24.0 Å². The van der Waals surface area contributed by atoms with Gasteiger partial charge in [0.05, 0.1) is 19.3 Å². The van der Waals surface area contributed by atoms with E-state index in [1.165, 1.54) is 12.1 Å². The van der Waals surface area contributed by atoms with Gasteiger partial charge in [-0.2, -0.15) is 0 Å². The highest BCUT2D eigenvalue weighted by Crippen LogP contribution is 2.18. The molecule has 1 aromatic carbocycles. The molecular weight excluding hydrogens is 273 g/mol. The summed E-state index contributed by atoms with van der Waals surface area (Å²) in [4.78, 5) is 2.25. The lowest BCUT2D eigenvalue weighted by atomic mass is 10.0. The van der Waals surface area contributed by atoms with Crippen LogP contribution in [0.2, 0.25) is 0 Å². The number of amidine groups is 1. The summed E-state index contributed by atoms with van der Waals surface area (Å²) in [6.07, 6.45) is 2.03. The molecule has 21 heavy (non-hydrogen) atoms. The van der Waals surface area contributed by atoms with E-state index in [0.29, 0.717) is 18.7 Å². The topological polar surface area (TPSA) is 82.6 Å². The van der Waals surface area contributed by atoms with Crippen molar-refractivity contribution in [3.8, 4) is 0 Å². The Balaban J connectivity index is 1.93. The number of hydrogen-bond donors (Lipinski definition) is 3. The van der Waals surface area contributed by atoms with Crippen LogP contribution in [-0.2, 0) is 11.3 Å². The minimum absolute atomic E-state index is 0.0533. The maximum atomic E-state index is 13.3. The molecule has 1 aliphatic rings. The predicted octanol–water partition coefficient (Wildman–Crippen LogP) is 1.08. The van der Waals surface area contributed by atoms with Gasteiger partial charge >= 0.3 is 0 Å². The van der Waals surface area contributed by atoms with Gasteiger partial charge in [0, 0.05) is 25.2 Å². The number of benzene rings is 1. The molecule has 1 saturated heterocycles. The Morgan fingerprint density at radius 2 is 2.14 bits per heavy atom. The van der Waals surface area contributed by atoms with Crippen molar-refractivity contribution >= 4 is 5.84 Å². The van der Waals surface area contributed by atoms with Crippen molar-refractivity contribution in [2.75, 3.05) is 26.3 Å². The predicted molar refractivity (Wildman–Crippen MR) is 78.8 cm³/mol. The first-order valence-electron chi connectivity index (χ1n) is 7.18. The molecule has 0 aliphatic carbocycles. The molecule has 1 heterocycles. The van der Waals surface area contributed by atoms with Crippen molar-refractivity contribution in [1.82, 2.24) is 4.90 Å². The van der Waals surface area contributed by atoms with Gasteiger partial charge in [-0.25, -0.2) is 4.39 Å². The third kappa shape index (κ3) is 4.49. The molecule has 116 valence electrons. The molecule has 0 unspecified atom stereocenters. The van der Waals surface area contributed by atoms with Crippen LogP contribution < -0.4 is 5.73 Å². The van der Waals surface area contributed by atoms with E-state index in [1.807, 2.05) is 0 Å². The SMILES string of the molecule is N=C(N)c1cc(F)ccc1CN1CCC(OCCO)CC1. The number of aliphatic hydroxyl groups excluding tert-OH is 1. The van der Waals surface area contributed by atoms with Gasteiger partial charge in [-0.3, -0.25) is 10.3 Å². The first-order valence-corrected chi connectivity index (χ1v) is 7.18. The third-order valence-electron chi connectivity index (χ3n) is 3.74. The number of ether oxygens (including phenoxy) is 1. The number of rotatable bonds is 6. The average molecular weight is 295 g/mol. The molecule has 6 heteroatoms. The minimum Gasteiger partial charge on any atom is -0.394 e. The van der Waals surface area contributed by atoms with Crippen LogP contribution in [0.15, 0.2) is 18.2 Å². The summed E-state index contributed by atoms with van der Waals surface area (Å²) in [5, 5.41) is 16.3. The summed E-state index contributed by atoms with van der Waals surface area (Å²) in [5.41, 5.74) is 6.86. The van der Waals surface area contributed by atoms with Gasteiger partial charge in [0.1, 0.15) is 11.7 Å². The molecule has 4 N–H and O–H groups in total. The van der Waals surface area contributed by atoms with Crippen LogP contribution in [-0.4, -0.2) is 48.2 Å². The second kappa shape index (κ2) is 7.49. The highest BCUT2D eigenvalue weighted by molar-refractivity contribution is 5.96. The fourth-order valence-electron chi connectivity index (χ4n) is 2.63. The van der Waals surface area contributed by atoms with E-state index in [2.05, 4.69) is 4.90 Å². The fourth-order valence-corrected chi connectivity index (χ4v) is 2.63. The number of nitrogens with zero attached hydrogens (tertiary/aromatic N) is 1. The summed E-state index contributed by atoms with van der Waals surface area (Å²) in [5.74, 6) is -0.481. The van der Waals surface area contributed by atoms with Crippen LogP contribution in [0, 0.1) is 11.2 Å². The van der Waals surface area contributed by atoms with Gasteiger partial charge in [-0.05, 0) is 30.5 Å². The molecule has 0 atom stereocenters. The summed E-state index contributed by atoms with van der Waals surface area (Å²) < 4.78 is 18.8. The van der Waals surface area contributed by atoms with Gasteiger partial charge < -0.3 is 15.6 Å². The van der Waals surface area contributed by atoms with Crippen LogP contribution >= 0.6 is 0 Å². The van der Waals surface area contributed by atoms with Crippen LogP contribution in [0.4, 0.5) is 4.39 Å². The minimum atomic E-state index is -0.375. The number of piperidine rings is 1. The molecule has 0 amide bonds. The first kappa shape index (κ1) is 15.9. The zero-order valence-electron chi connectivity index (χ0n) is 12.0. The van der Waals surface area contributed by atoms with Crippen molar-refractivity contribution in [3.05, 3.63) is 35.1 Å². The lowest BCUT2D eigenvalue weighted by Gasteiger charge is -2.32. The highest BCUT2D eigenvalue weighted by Gasteiger charge is 2.20. The quantitative estimate of drug-likeness (QED) is 0.542. The number of nitrogens with two attached hydrogens (primary N) is 1. The van der Waals surface area contributed by atoms with Crippen molar-refractivity contribution in [1.29, 1.82) is 5.41 Å². The Bertz CT molecular complexity index is 488. The van der Waals surface area contributed by atoms with Gasteiger partial charge in [0.2, 0.25) is 0 Å². The van der Waals surface area contributed by atoms with E-state index in [9.17, 15) is 4.39 Å². The normalized spacial score (nSPS) is 17.0. The summed E-state index contributed by atoms with van der Waals surface area (Å²) in [6, 6.07) is 4.41. The van der Waals surface area contributed by atoms with Gasteiger partial charge in [0.15, 0.2) is 0 Å². The number of halogens is 1. The number of hydrogen-bond acceptors (Lipinski definition) is 4. The Kier molecular flexibility index (Phi) is 5.67. The fraction of sp³-hybridized carbons (Fsp3) is 0.533. The number of nitrogen functional groups attached to an aromatic ring is 1. The molecule has 5 nitrogen and oxygen atoms in total. The molecule has 2 rings (SSSR count). The maximum absolute atomic E-state index is 13.3. The van der Waals surface area contributed by atoms with Crippen molar-refractivity contribution in [2.24, 2.45) is 5.73 Å². The first-order chi connectivity index (χ1) is 10.1. The zero-order chi connectivity index (χ0) is 15.2. The van der Waals surface area contributed by atoms with E-state index in [1.54, 1.807) is 6.07 Å². The van der Waals surface area contributed by atoms with Crippen LogP contribution in [0.25, 0.3) is 0 Å². The number of likely N-dealkylation sites (tertiary alicyclic amines) is 1. The van der Waals surface area contributed by atoms with E-state index < -0.39 is 0 Å². The van der Waals surface area contributed by atoms with Crippen molar-refractivity contribution < 1.29 is 14.2 Å². The van der Waals surface area contributed by atoms with Gasteiger partial charge in [-0.1, -0.05) is 6.07 Å². The lowest BCUT2D eigenvalue weighted by Crippen LogP contribution is -2.37. The standard InChI is InChI=1S/C15H22FN3O2/c16-12-2-1-11(14(9-12)15(17)18)10-19-5-3-13(4-6-19)21-8-7-20/h1-2,9,13,20H,3-8,10H2,(H3,17,18). The Hall–Kier alpha value is -1.50. The van der Waals surface area contributed by atoms with Crippen LogP contribution in [0.5, 0.6) is 0 Å². The molecule has 0 aromatic heterocycles. The average Bonchev–Trinajstić information content (AvgIpc) is 2.48. The van der Waals surface area contributed by atoms with E-state index in [4.69, 9.17) is 21.0 Å². The molecular formula is C15H22FN3O2. The zero-order valence-corrected chi connectivity index (χ0v) is 12.0. The van der Waals surface area contributed by atoms with E-state index >= 15 is 0 Å². The smallest absolute Gasteiger partial charge is 0.123 e. The molecule has 1 aliphatic heterocycles. The van der Waals surface area contributed by atoms with E-state index in [0.717, 1.165) is 31.5 Å². The Morgan fingerprint density at radius 1 is 1.43 bits per heavy atom. The summed E-state index contributed by atoms with van der Waals surface area (Å²) in [6.45, 7) is 2.85. The summed E-state index contributed by atoms with van der Waals surface area (Å²) >= 11 is 0. The second-order valence-corrected chi connectivity index (χ2v) is 5.29. The van der Waals surface area contributed by atoms with Crippen molar-refractivity contribution in [2.45, 2.75) is 25.5 Å². The summed E-state index contributed by atoms with van der Waals surface area (Å²) in [7, 11) is 0. The van der Waals surface area contributed by atoms with Gasteiger partial charge in [-0.15, -0.1) is 0 Å². The van der Waals surface area contributed by atoms with Gasteiger partial charge in [0.25, 0.3) is 0 Å². The van der Waals surface area contributed by atoms with Crippen molar-refractivity contribution in [3.63, 3.8) is 0 Å². The Morgan fingerprint density at radius 3 is 2.76 bits per heavy atom. The lowest BCUT2D eigenvalue weighted by molar-refractivity contribution is -0.00902. The monoisotopic (exact) mass is 295 g/mol. The maximum Gasteiger partial charge on any atom is 0.123 e. The molecule has 0 saturated carbocycles. The Labute approximate surface area is 124 Å². The molecule has 1 fully saturated rings. The van der Waals surface area contributed by atoms with Crippen LogP contribution in [0.3, 0.4) is 0 Å². The molecule has 0 bridgehead atoms. The largest absolute Gasteiger partial charge is 0.394 e. The number of aliphatic hydroxyl groups is 1. The molecule has 0 radical (unpaired) electrons. The second-order valence-electron chi connectivity index (χ2n) is 5.29. The molecule has 1 aromatic rings. The highest BCUT2D eigenvalue weighted by atomic mass is 19.1. The number of nitrogens with one attached hydrogen (secondary N) is 1. The third-order valence-corrected chi connectivity index (χ3v) is 3.74. The van der Waals surface area contributed by atoms with E-state index in [-0.39, 0.29) is 24.4 Å².